The van der Waals surface area contributed by atoms with Crippen LogP contribution in [0, 0.1) is 10.1 Å². The maximum Gasteiger partial charge on any atom is 0.329 e. The number of benzene rings is 2. The van der Waals surface area contributed by atoms with Gasteiger partial charge in [-0.15, -0.1) is 0 Å². The molecule has 0 aliphatic rings. The molecule has 0 fully saturated rings. The largest absolute Gasteiger partial charge is 0.329 e. The molecule has 0 unspecified atom stereocenters. The molecule has 2 aromatic carbocycles. The maximum atomic E-state index is 11.8. The summed E-state index contributed by atoms with van der Waals surface area (Å²) in [6.45, 7) is 0. The summed E-state index contributed by atoms with van der Waals surface area (Å²) >= 11 is 17.6. The standard InChI is InChI=1S/C15H9Cl3N4O4/c16-10-5-4-9(22(25)26)6-8(10)7-19-21-15(24)14(23)20-12-3-1-2-11(17)13(12)18/h1-7H,(H,20,23)(H,21,24)/b19-7-. The van der Waals surface area contributed by atoms with Crippen LogP contribution in [0.15, 0.2) is 41.5 Å². The van der Waals surface area contributed by atoms with Crippen molar-refractivity contribution >= 4 is 64.2 Å². The van der Waals surface area contributed by atoms with Crippen molar-refractivity contribution in [3.05, 3.63) is 67.1 Å². The van der Waals surface area contributed by atoms with E-state index in [2.05, 4.69) is 10.4 Å². The summed E-state index contributed by atoms with van der Waals surface area (Å²) in [5.41, 5.74) is 2.13. The Morgan fingerprint density at radius 1 is 1.08 bits per heavy atom. The Labute approximate surface area is 161 Å². The molecule has 0 radical (unpaired) electrons. The first kappa shape index (κ1) is 19.6. The van der Waals surface area contributed by atoms with Gasteiger partial charge >= 0.3 is 11.8 Å². The number of hydrogen-bond acceptors (Lipinski definition) is 5. The van der Waals surface area contributed by atoms with Crippen molar-refractivity contribution in [2.75, 3.05) is 5.32 Å². The molecular formula is C15H9Cl3N4O4. The molecule has 0 atom stereocenters. The third-order valence-corrected chi connectivity index (χ3v) is 4.13. The summed E-state index contributed by atoms with van der Waals surface area (Å²) in [6.07, 6.45) is 1.08. The number of amides is 2. The minimum atomic E-state index is -1.08. The Hall–Kier alpha value is -2.68. The highest BCUT2D eigenvalue weighted by Crippen LogP contribution is 2.29. The maximum absolute atomic E-state index is 11.8. The number of nitrogens with zero attached hydrogens (tertiary/aromatic N) is 2. The lowest BCUT2D eigenvalue weighted by molar-refractivity contribution is -0.384. The molecule has 2 rings (SSSR count). The number of nitro benzene ring substituents is 1. The molecule has 2 aromatic rings. The van der Waals surface area contributed by atoms with Gasteiger partial charge in [0.2, 0.25) is 0 Å². The lowest BCUT2D eigenvalue weighted by atomic mass is 10.2. The monoisotopic (exact) mass is 414 g/mol. The van der Waals surface area contributed by atoms with E-state index in [9.17, 15) is 19.7 Å². The summed E-state index contributed by atoms with van der Waals surface area (Å²) in [5.74, 6) is -2.12. The molecule has 0 saturated carbocycles. The molecular weight excluding hydrogens is 407 g/mol. The van der Waals surface area contributed by atoms with Crippen LogP contribution >= 0.6 is 34.8 Å². The van der Waals surface area contributed by atoms with E-state index in [1.807, 2.05) is 5.43 Å². The molecule has 0 spiro atoms. The van der Waals surface area contributed by atoms with Gasteiger partial charge in [0.1, 0.15) is 0 Å². The van der Waals surface area contributed by atoms with Gasteiger partial charge in [-0.3, -0.25) is 19.7 Å². The number of hydrogen-bond donors (Lipinski definition) is 2. The van der Waals surface area contributed by atoms with Gasteiger partial charge in [0.15, 0.2) is 0 Å². The highest BCUT2D eigenvalue weighted by atomic mass is 35.5. The van der Waals surface area contributed by atoms with Gasteiger partial charge in [0, 0.05) is 22.7 Å². The number of carbonyl (C=O) groups is 2. The normalized spacial score (nSPS) is 10.6. The fourth-order valence-electron chi connectivity index (χ4n) is 1.73. The van der Waals surface area contributed by atoms with Crippen molar-refractivity contribution in [1.29, 1.82) is 0 Å². The fourth-order valence-corrected chi connectivity index (χ4v) is 2.25. The Morgan fingerprint density at radius 3 is 2.50 bits per heavy atom. The van der Waals surface area contributed by atoms with Crippen molar-refractivity contribution in [3.8, 4) is 0 Å². The Morgan fingerprint density at radius 2 is 1.81 bits per heavy atom. The van der Waals surface area contributed by atoms with Gasteiger partial charge in [-0.25, -0.2) is 5.43 Å². The summed E-state index contributed by atoms with van der Waals surface area (Å²) in [5, 5.41) is 17.0. The molecule has 0 heterocycles. The number of halogens is 3. The molecule has 0 aliphatic carbocycles. The topological polar surface area (TPSA) is 114 Å². The quantitative estimate of drug-likeness (QED) is 0.343. The lowest BCUT2D eigenvalue weighted by Gasteiger charge is -2.06. The minimum absolute atomic E-state index is 0.0854. The van der Waals surface area contributed by atoms with E-state index < -0.39 is 16.7 Å². The van der Waals surface area contributed by atoms with E-state index in [0.717, 1.165) is 6.21 Å². The number of nitrogens with one attached hydrogen (secondary N) is 2. The predicted molar refractivity (Wildman–Crippen MR) is 98.9 cm³/mol. The molecule has 2 N–H and O–H groups in total. The SMILES string of the molecule is O=C(N/N=C\c1cc([N+](=O)[O-])ccc1Cl)C(=O)Nc1cccc(Cl)c1Cl. The summed E-state index contributed by atoms with van der Waals surface area (Å²) in [7, 11) is 0. The van der Waals surface area contributed by atoms with Gasteiger partial charge in [-0.2, -0.15) is 5.10 Å². The molecule has 0 saturated heterocycles. The number of carbonyl (C=O) groups excluding carboxylic acids is 2. The minimum Gasteiger partial charge on any atom is -0.316 e. The fraction of sp³-hybridized carbons (Fsp3) is 0. The Bertz CT molecular complexity index is 918. The first-order valence-electron chi connectivity index (χ1n) is 6.82. The molecule has 11 heteroatoms. The first-order valence-corrected chi connectivity index (χ1v) is 7.95. The lowest BCUT2D eigenvalue weighted by Crippen LogP contribution is -2.32. The number of anilines is 1. The average molecular weight is 416 g/mol. The van der Waals surface area contributed by atoms with Gasteiger partial charge in [-0.1, -0.05) is 40.9 Å². The van der Waals surface area contributed by atoms with E-state index in [1.54, 1.807) is 6.07 Å². The van der Waals surface area contributed by atoms with Gasteiger partial charge in [0.05, 0.1) is 26.9 Å². The van der Waals surface area contributed by atoms with Crippen molar-refractivity contribution in [3.63, 3.8) is 0 Å². The van der Waals surface area contributed by atoms with Crippen LogP contribution in [0.3, 0.4) is 0 Å². The van der Waals surface area contributed by atoms with E-state index in [1.165, 1.54) is 30.3 Å². The van der Waals surface area contributed by atoms with Crippen molar-refractivity contribution in [2.45, 2.75) is 0 Å². The highest BCUT2D eigenvalue weighted by molar-refractivity contribution is 6.45. The van der Waals surface area contributed by atoms with Crippen molar-refractivity contribution in [1.82, 2.24) is 5.43 Å². The van der Waals surface area contributed by atoms with Crippen LogP contribution in [-0.2, 0) is 9.59 Å². The second kappa shape index (κ2) is 8.61. The van der Waals surface area contributed by atoms with Crippen LogP contribution in [0.4, 0.5) is 11.4 Å². The van der Waals surface area contributed by atoms with Crippen LogP contribution < -0.4 is 10.7 Å². The molecule has 2 amide bonds. The number of hydrazone groups is 1. The number of nitro groups is 1. The van der Waals surface area contributed by atoms with Crippen LogP contribution in [0.25, 0.3) is 0 Å². The third-order valence-electron chi connectivity index (χ3n) is 2.97. The molecule has 134 valence electrons. The third kappa shape index (κ3) is 4.92. The Kier molecular flexibility index (Phi) is 6.51. The second-order valence-electron chi connectivity index (χ2n) is 4.72. The van der Waals surface area contributed by atoms with E-state index >= 15 is 0 Å². The van der Waals surface area contributed by atoms with Crippen molar-refractivity contribution in [2.24, 2.45) is 5.10 Å². The zero-order chi connectivity index (χ0) is 19.3. The van der Waals surface area contributed by atoms with Gasteiger partial charge < -0.3 is 5.32 Å². The molecule has 0 aromatic heterocycles. The smallest absolute Gasteiger partial charge is 0.316 e. The number of non-ortho nitro benzene ring substituents is 1. The van der Waals surface area contributed by atoms with Crippen molar-refractivity contribution < 1.29 is 14.5 Å². The zero-order valence-corrected chi connectivity index (χ0v) is 15.0. The van der Waals surface area contributed by atoms with Crippen LogP contribution in [0.5, 0.6) is 0 Å². The predicted octanol–water partition coefficient (Wildman–Crippen LogP) is 3.64. The zero-order valence-electron chi connectivity index (χ0n) is 12.7. The van der Waals surface area contributed by atoms with Gasteiger partial charge in [-0.05, 0) is 18.2 Å². The van der Waals surface area contributed by atoms with E-state index in [4.69, 9.17) is 34.8 Å². The van der Waals surface area contributed by atoms with Crippen LogP contribution in [0.1, 0.15) is 5.56 Å². The highest BCUT2D eigenvalue weighted by Gasteiger charge is 2.15. The van der Waals surface area contributed by atoms with E-state index in [-0.39, 0.29) is 32.0 Å². The van der Waals surface area contributed by atoms with E-state index in [0.29, 0.717) is 0 Å². The number of rotatable bonds is 4. The summed E-state index contributed by atoms with van der Waals surface area (Å²) in [6, 6.07) is 8.24. The summed E-state index contributed by atoms with van der Waals surface area (Å²) < 4.78 is 0. The first-order chi connectivity index (χ1) is 12.3. The van der Waals surface area contributed by atoms with Gasteiger partial charge in [0.25, 0.3) is 5.69 Å². The molecule has 0 bridgehead atoms. The molecule has 0 aliphatic heterocycles. The average Bonchev–Trinajstić information content (AvgIpc) is 2.60. The molecule has 26 heavy (non-hydrogen) atoms. The second-order valence-corrected chi connectivity index (χ2v) is 5.91. The molecule has 8 nitrogen and oxygen atoms in total. The van der Waals surface area contributed by atoms with Crippen LogP contribution in [0.2, 0.25) is 15.1 Å². The summed E-state index contributed by atoms with van der Waals surface area (Å²) in [4.78, 5) is 33.7. The van der Waals surface area contributed by atoms with Crippen LogP contribution in [-0.4, -0.2) is 23.0 Å². The Balaban J connectivity index is 2.03.